The highest BCUT2D eigenvalue weighted by Gasteiger charge is 1.96. The average Bonchev–Trinajstić information content (AvgIpc) is 1.90. The van der Waals surface area contributed by atoms with Gasteiger partial charge in [0.2, 0.25) is 0 Å². The second kappa shape index (κ2) is 2.88. The second-order valence-corrected chi connectivity index (χ2v) is 2.21. The van der Waals surface area contributed by atoms with Crippen LogP contribution in [0.1, 0.15) is 10.9 Å². The Kier molecular flexibility index (Phi) is 2.12. The minimum absolute atomic E-state index is 0.619. The lowest BCUT2D eigenvalue weighted by molar-refractivity contribution is 1.21. The lowest BCUT2D eigenvalue weighted by Gasteiger charge is -1.98. The molecule has 1 atom stereocenters. The summed E-state index contributed by atoms with van der Waals surface area (Å²) in [6.07, 6.45) is 0. The normalized spacial score (nSPS) is 13.1. The Labute approximate surface area is 60.5 Å². The molecule has 0 aliphatic rings. The first-order valence-electron chi connectivity index (χ1n) is 2.71. The summed E-state index contributed by atoms with van der Waals surface area (Å²) in [7, 11) is 0. The molecule has 0 saturated carbocycles. The van der Waals surface area contributed by atoms with Crippen LogP contribution < -0.4 is 0 Å². The van der Waals surface area contributed by atoms with Crippen LogP contribution >= 0.6 is 11.6 Å². The molecule has 0 aromatic heterocycles. The van der Waals surface area contributed by atoms with Crippen LogP contribution in [0.4, 0.5) is 0 Å². The molecule has 0 aliphatic heterocycles. The van der Waals surface area contributed by atoms with Gasteiger partial charge in [0, 0.05) is 6.92 Å². The van der Waals surface area contributed by atoms with Gasteiger partial charge in [-0.2, -0.15) is 0 Å². The molecular weight excluding hydrogens is 132 g/mol. The summed E-state index contributed by atoms with van der Waals surface area (Å²) >= 11 is 5.47. The van der Waals surface area contributed by atoms with Crippen LogP contribution in [0.3, 0.4) is 0 Å². The summed E-state index contributed by atoms with van der Waals surface area (Å²) in [5.74, 6) is 0. The van der Waals surface area contributed by atoms with E-state index in [1.54, 1.807) is 0 Å². The molecule has 1 aromatic rings. The van der Waals surface area contributed by atoms with Crippen LogP contribution in [0.25, 0.3) is 0 Å². The molecule has 1 aromatic carbocycles. The van der Waals surface area contributed by atoms with Crippen molar-refractivity contribution in [1.82, 2.24) is 0 Å². The maximum Gasteiger partial charge on any atom is 0.0660 e. The molecule has 1 unspecified atom stereocenters. The van der Waals surface area contributed by atoms with E-state index in [0.29, 0.717) is 0 Å². The molecule has 0 aliphatic carbocycles. The summed E-state index contributed by atoms with van der Waals surface area (Å²) in [6, 6.07) is 9.33. The number of hydrogen-bond donors (Lipinski definition) is 0. The molecule has 3 radical (unpaired) electrons. The summed E-state index contributed by atoms with van der Waals surface area (Å²) in [6.45, 7) is 7.08. The topological polar surface area (TPSA) is 0 Å². The van der Waals surface area contributed by atoms with E-state index in [0.717, 1.165) is 5.56 Å². The van der Waals surface area contributed by atoms with Crippen LogP contribution in [0, 0.1) is 6.92 Å². The van der Waals surface area contributed by atoms with Crippen molar-refractivity contribution >= 4 is 11.6 Å². The molecular formula is C8H6Cl. The van der Waals surface area contributed by atoms with E-state index >= 15 is 0 Å². The summed E-state index contributed by atoms with van der Waals surface area (Å²) < 4.78 is 0. The Balaban J connectivity index is 2.85. The molecule has 0 heterocycles. The van der Waals surface area contributed by atoms with E-state index in [-0.39, 0.29) is 0 Å². The van der Waals surface area contributed by atoms with Crippen molar-refractivity contribution in [3.05, 3.63) is 42.8 Å². The zero-order valence-electron chi connectivity index (χ0n) is 4.84. The molecule has 0 spiro atoms. The van der Waals surface area contributed by atoms with E-state index in [1.165, 1.54) is 0 Å². The summed E-state index contributed by atoms with van der Waals surface area (Å²) in [5, 5.41) is -0.619. The van der Waals surface area contributed by atoms with Crippen LogP contribution in [0.2, 0.25) is 0 Å². The maximum atomic E-state index is 7.08. The first-order valence-corrected chi connectivity index (χ1v) is 3.14. The van der Waals surface area contributed by atoms with E-state index < -0.39 is 5.38 Å². The predicted molar refractivity (Wildman–Crippen MR) is 38.3 cm³/mol. The molecule has 1 rings (SSSR count). The first-order chi connectivity index (χ1) is 4.30. The Morgan fingerprint density at radius 1 is 1.22 bits per heavy atom. The predicted octanol–water partition coefficient (Wildman–Crippen LogP) is 2.55. The van der Waals surface area contributed by atoms with Gasteiger partial charge in [0.15, 0.2) is 0 Å². The quantitative estimate of drug-likeness (QED) is 0.522. The van der Waals surface area contributed by atoms with Crippen molar-refractivity contribution < 1.29 is 0 Å². The average molecular weight is 138 g/mol. The Morgan fingerprint density at radius 3 is 2.11 bits per heavy atom. The minimum atomic E-state index is -0.619. The monoisotopic (exact) mass is 137 g/mol. The van der Waals surface area contributed by atoms with Gasteiger partial charge in [0.05, 0.1) is 5.38 Å². The number of benzene rings is 1. The highest BCUT2D eigenvalue weighted by atomic mass is 35.5. The number of halogens is 1. The summed E-state index contributed by atoms with van der Waals surface area (Å²) in [4.78, 5) is 0. The van der Waals surface area contributed by atoms with Crippen LogP contribution in [0.15, 0.2) is 30.3 Å². The van der Waals surface area contributed by atoms with Crippen LogP contribution in [0.5, 0.6) is 0 Å². The fraction of sp³-hybridized carbons (Fsp3) is 0.125. The van der Waals surface area contributed by atoms with Gasteiger partial charge in [-0.05, 0) is 5.56 Å². The van der Waals surface area contributed by atoms with Gasteiger partial charge in [-0.1, -0.05) is 30.3 Å². The lowest BCUT2D eigenvalue weighted by Crippen LogP contribution is -1.80. The fourth-order valence-electron chi connectivity index (χ4n) is 0.622. The Hall–Kier alpha value is -0.490. The van der Waals surface area contributed by atoms with Crippen molar-refractivity contribution in [2.45, 2.75) is 5.38 Å². The van der Waals surface area contributed by atoms with Crippen molar-refractivity contribution in [3.8, 4) is 0 Å². The van der Waals surface area contributed by atoms with E-state index in [9.17, 15) is 0 Å². The smallest absolute Gasteiger partial charge is 0.0660 e. The largest absolute Gasteiger partial charge is 0.117 e. The zero-order chi connectivity index (χ0) is 6.69. The van der Waals surface area contributed by atoms with E-state index in [1.807, 2.05) is 30.3 Å². The Bertz CT molecular complexity index is 167. The SMILES string of the molecule is [C]C(Cl)c1ccccc1. The standard InChI is InChI=1S/C8H6Cl/c1-7(9)8-5-3-2-4-6-8/h2-7H. The van der Waals surface area contributed by atoms with Gasteiger partial charge in [0.25, 0.3) is 0 Å². The highest BCUT2D eigenvalue weighted by molar-refractivity contribution is 6.21. The van der Waals surface area contributed by atoms with Gasteiger partial charge in [-0.15, -0.1) is 11.6 Å². The van der Waals surface area contributed by atoms with Gasteiger partial charge in [-0.25, -0.2) is 0 Å². The third-order valence-electron chi connectivity index (χ3n) is 1.09. The first kappa shape index (κ1) is 6.63. The van der Waals surface area contributed by atoms with Crippen molar-refractivity contribution in [2.75, 3.05) is 0 Å². The molecule has 0 amide bonds. The summed E-state index contributed by atoms with van der Waals surface area (Å²) in [5.41, 5.74) is 0.846. The zero-order valence-corrected chi connectivity index (χ0v) is 5.60. The van der Waals surface area contributed by atoms with Crippen molar-refractivity contribution in [2.24, 2.45) is 0 Å². The lowest BCUT2D eigenvalue weighted by atomic mass is 10.2. The third kappa shape index (κ3) is 1.72. The maximum absolute atomic E-state index is 7.08. The molecule has 45 valence electrons. The van der Waals surface area contributed by atoms with Crippen molar-refractivity contribution in [1.29, 1.82) is 0 Å². The number of rotatable bonds is 1. The molecule has 0 N–H and O–H groups in total. The van der Waals surface area contributed by atoms with Gasteiger partial charge < -0.3 is 0 Å². The van der Waals surface area contributed by atoms with Crippen LogP contribution in [-0.4, -0.2) is 0 Å². The molecule has 9 heavy (non-hydrogen) atoms. The fourth-order valence-corrected chi connectivity index (χ4v) is 0.767. The van der Waals surface area contributed by atoms with Gasteiger partial charge in [0.1, 0.15) is 0 Å². The Morgan fingerprint density at radius 2 is 1.78 bits per heavy atom. The minimum Gasteiger partial charge on any atom is -0.117 e. The van der Waals surface area contributed by atoms with Gasteiger partial charge >= 0.3 is 0 Å². The molecule has 0 bridgehead atoms. The molecule has 0 saturated heterocycles. The molecule has 0 fully saturated rings. The second-order valence-electron chi connectivity index (χ2n) is 1.77. The van der Waals surface area contributed by atoms with Gasteiger partial charge in [-0.3, -0.25) is 0 Å². The third-order valence-corrected chi connectivity index (χ3v) is 1.34. The molecule has 0 nitrogen and oxygen atoms in total. The van der Waals surface area contributed by atoms with E-state index in [4.69, 9.17) is 18.5 Å². The van der Waals surface area contributed by atoms with Crippen molar-refractivity contribution in [3.63, 3.8) is 0 Å². The van der Waals surface area contributed by atoms with E-state index in [2.05, 4.69) is 0 Å². The highest BCUT2D eigenvalue weighted by Crippen LogP contribution is 2.16. The molecule has 1 heteroatoms. The number of hydrogen-bond acceptors (Lipinski definition) is 0. The number of alkyl halides is 1. The van der Waals surface area contributed by atoms with Crippen LogP contribution in [-0.2, 0) is 0 Å².